The van der Waals surface area contributed by atoms with E-state index in [1.165, 1.54) is 6.07 Å². The van der Waals surface area contributed by atoms with Gasteiger partial charge in [0, 0.05) is 17.7 Å². The Kier molecular flexibility index (Phi) is 3.14. The summed E-state index contributed by atoms with van der Waals surface area (Å²) in [5, 5.41) is 40.8. The molecule has 2 aromatic carbocycles. The lowest BCUT2D eigenvalue weighted by molar-refractivity contribution is 0.403. The standard InChI is InChI=1S/C15H9NO7/c17-7-4-8(16-22)12-11(5-7)23-15(14(21)13(12)20)6-1-2-9(18)10(19)3-6/h1-5,17-19,21H. The van der Waals surface area contributed by atoms with E-state index in [1.54, 1.807) is 0 Å². The molecule has 23 heavy (non-hydrogen) atoms. The zero-order valence-electron chi connectivity index (χ0n) is 11.3. The van der Waals surface area contributed by atoms with E-state index in [-0.39, 0.29) is 39.5 Å². The van der Waals surface area contributed by atoms with Crippen molar-refractivity contribution in [2.75, 3.05) is 0 Å². The van der Waals surface area contributed by atoms with Crippen LogP contribution < -0.4 is 5.43 Å². The molecule has 1 heterocycles. The molecule has 8 heteroatoms. The highest BCUT2D eigenvalue weighted by Gasteiger charge is 2.20. The lowest BCUT2D eigenvalue weighted by Crippen LogP contribution is -2.03. The highest BCUT2D eigenvalue weighted by atomic mass is 16.4. The summed E-state index contributed by atoms with van der Waals surface area (Å²) in [6.45, 7) is 0. The Morgan fingerprint density at radius 1 is 0.957 bits per heavy atom. The molecule has 0 radical (unpaired) electrons. The second-order valence-corrected chi connectivity index (χ2v) is 4.74. The van der Waals surface area contributed by atoms with Gasteiger partial charge in [0.05, 0.1) is 5.39 Å². The van der Waals surface area contributed by atoms with Gasteiger partial charge in [-0.05, 0) is 23.4 Å². The molecule has 8 nitrogen and oxygen atoms in total. The molecule has 1 aromatic heterocycles. The minimum absolute atomic E-state index is 0.112. The molecule has 0 atom stereocenters. The largest absolute Gasteiger partial charge is 0.508 e. The third-order valence-electron chi connectivity index (χ3n) is 3.27. The van der Waals surface area contributed by atoms with Crippen LogP contribution in [0.4, 0.5) is 5.69 Å². The van der Waals surface area contributed by atoms with Crippen molar-refractivity contribution in [2.45, 2.75) is 0 Å². The van der Waals surface area contributed by atoms with Gasteiger partial charge in [-0.2, -0.15) is 0 Å². The Morgan fingerprint density at radius 3 is 2.35 bits per heavy atom. The number of rotatable bonds is 2. The van der Waals surface area contributed by atoms with Crippen LogP contribution in [0.1, 0.15) is 0 Å². The van der Waals surface area contributed by atoms with E-state index in [1.807, 2.05) is 0 Å². The molecule has 0 bridgehead atoms. The van der Waals surface area contributed by atoms with E-state index in [0.29, 0.717) is 0 Å². The van der Waals surface area contributed by atoms with Crippen molar-refractivity contribution in [1.29, 1.82) is 0 Å². The lowest BCUT2D eigenvalue weighted by Gasteiger charge is -2.08. The number of phenolic OH excluding ortho intramolecular Hbond substituents is 3. The summed E-state index contributed by atoms with van der Waals surface area (Å²) in [5.74, 6) is -2.30. The molecule has 3 rings (SSSR count). The molecular formula is C15H9NO7. The van der Waals surface area contributed by atoms with Crippen molar-refractivity contribution in [3.05, 3.63) is 45.5 Å². The van der Waals surface area contributed by atoms with Crippen LogP contribution in [0.25, 0.3) is 22.3 Å². The number of fused-ring (bicyclic) bond motifs is 1. The number of nitroso groups, excluding NO2 is 1. The molecule has 0 saturated carbocycles. The molecule has 0 unspecified atom stereocenters. The summed E-state index contributed by atoms with van der Waals surface area (Å²) in [6.07, 6.45) is 0. The third-order valence-corrected chi connectivity index (χ3v) is 3.27. The van der Waals surface area contributed by atoms with E-state index >= 15 is 0 Å². The van der Waals surface area contributed by atoms with Gasteiger partial charge >= 0.3 is 0 Å². The van der Waals surface area contributed by atoms with Gasteiger partial charge in [-0.1, -0.05) is 0 Å². The fourth-order valence-electron chi connectivity index (χ4n) is 2.21. The topological polar surface area (TPSA) is 141 Å². The highest BCUT2D eigenvalue weighted by Crippen LogP contribution is 2.37. The second kappa shape index (κ2) is 5.02. The average molecular weight is 315 g/mol. The Balaban J connectivity index is 2.39. The van der Waals surface area contributed by atoms with Crippen molar-refractivity contribution in [1.82, 2.24) is 0 Å². The Morgan fingerprint density at radius 2 is 1.70 bits per heavy atom. The molecule has 0 saturated heterocycles. The predicted octanol–water partition coefficient (Wildman–Crippen LogP) is 2.68. The van der Waals surface area contributed by atoms with Crippen molar-refractivity contribution >= 4 is 16.7 Å². The van der Waals surface area contributed by atoms with E-state index in [4.69, 9.17) is 4.42 Å². The van der Waals surface area contributed by atoms with Crippen LogP contribution in [-0.2, 0) is 0 Å². The zero-order chi connectivity index (χ0) is 16.7. The Labute approximate surface area is 127 Å². The first-order chi connectivity index (χ1) is 10.9. The van der Waals surface area contributed by atoms with Crippen LogP contribution in [0, 0.1) is 4.91 Å². The van der Waals surface area contributed by atoms with Gasteiger partial charge in [-0.25, -0.2) is 0 Å². The van der Waals surface area contributed by atoms with Gasteiger partial charge in [0.2, 0.25) is 11.2 Å². The van der Waals surface area contributed by atoms with E-state index in [0.717, 1.165) is 24.3 Å². The minimum Gasteiger partial charge on any atom is -0.508 e. The first-order valence-corrected chi connectivity index (χ1v) is 6.31. The Bertz CT molecular complexity index is 1010. The van der Waals surface area contributed by atoms with Crippen LogP contribution in [0.2, 0.25) is 0 Å². The van der Waals surface area contributed by atoms with Gasteiger partial charge in [0.15, 0.2) is 17.3 Å². The van der Waals surface area contributed by atoms with Gasteiger partial charge in [0.25, 0.3) is 0 Å². The fraction of sp³-hybridized carbons (Fsp3) is 0. The molecular weight excluding hydrogens is 306 g/mol. The van der Waals surface area contributed by atoms with Crippen LogP contribution in [-0.4, -0.2) is 20.4 Å². The zero-order valence-corrected chi connectivity index (χ0v) is 11.3. The summed E-state index contributed by atoms with van der Waals surface area (Å²) < 4.78 is 5.38. The lowest BCUT2D eigenvalue weighted by atomic mass is 10.1. The van der Waals surface area contributed by atoms with Gasteiger partial charge in [-0.15, -0.1) is 4.91 Å². The summed E-state index contributed by atoms with van der Waals surface area (Å²) in [5.41, 5.74) is -1.33. The normalized spacial score (nSPS) is 10.8. The maximum absolute atomic E-state index is 12.3. The molecule has 116 valence electrons. The molecule has 0 amide bonds. The van der Waals surface area contributed by atoms with E-state index in [2.05, 4.69) is 5.18 Å². The number of hydrogen-bond donors (Lipinski definition) is 4. The maximum Gasteiger partial charge on any atom is 0.237 e. The number of aromatic hydroxyl groups is 4. The van der Waals surface area contributed by atoms with Crippen molar-refractivity contribution in [3.63, 3.8) is 0 Å². The first-order valence-electron chi connectivity index (χ1n) is 6.31. The monoisotopic (exact) mass is 315 g/mol. The molecule has 0 fully saturated rings. The van der Waals surface area contributed by atoms with Crippen LogP contribution >= 0.6 is 0 Å². The number of benzene rings is 2. The van der Waals surface area contributed by atoms with E-state index in [9.17, 15) is 30.1 Å². The molecule has 0 aliphatic rings. The summed E-state index contributed by atoms with van der Waals surface area (Å²) in [6, 6.07) is 5.60. The quantitative estimate of drug-likeness (QED) is 0.421. The van der Waals surface area contributed by atoms with Gasteiger partial charge in [0.1, 0.15) is 17.0 Å². The second-order valence-electron chi connectivity index (χ2n) is 4.74. The first kappa shape index (κ1) is 14.4. The number of hydrogen-bond acceptors (Lipinski definition) is 8. The summed E-state index contributed by atoms with van der Waals surface area (Å²) in [4.78, 5) is 23.1. The maximum atomic E-state index is 12.3. The van der Waals surface area contributed by atoms with Crippen molar-refractivity contribution in [3.8, 4) is 34.3 Å². The summed E-state index contributed by atoms with van der Waals surface area (Å²) in [7, 11) is 0. The van der Waals surface area contributed by atoms with Crippen LogP contribution in [0.15, 0.2) is 44.7 Å². The number of nitrogens with zero attached hydrogens (tertiary/aromatic N) is 1. The Hall–Kier alpha value is -3.55. The molecule has 3 aromatic rings. The number of phenols is 3. The van der Waals surface area contributed by atoms with Crippen molar-refractivity contribution in [2.24, 2.45) is 5.18 Å². The average Bonchev–Trinajstić information content (AvgIpc) is 2.52. The SMILES string of the molecule is O=Nc1cc(O)cc2oc(-c3ccc(O)c(O)c3)c(O)c(=O)c12. The van der Waals surface area contributed by atoms with Crippen LogP contribution in [0.5, 0.6) is 23.0 Å². The minimum atomic E-state index is -0.914. The highest BCUT2D eigenvalue weighted by molar-refractivity contribution is 5.92. The van der Waals surface area contributed by atoms with Crippen molar-refractivity contribution < 1.29 is 24.8 Å². The fourth-order valence-corrected chi connectivity index (χ4v) is 2.21. The smallest absolute Gasteiger partial charge is 0.237 e. The predicted molar refractivity (Wildman–Crippen MR) is 80.0 cm³/mol. The molecule has 0 aliphatic carbocycles. The third kappa shape index (κ3) is 2.22. The van der Waals surface area contributed by atoms with Crippen LogP contribution in [0.3, 0.4) is 0 Å². The molecule has 4 N–H and O–H groups in total. The summed E-state index contributed by atoms with van der Waals surface area (Å²) >= 11 is 0. The van der Waals surface area contributed by atoms with Gasteiger partial charge in [-0.3, -0.25) is 4.79 Å². The molecule has 0 spiro atoms. The van der Waals surface area contributed by atoms with E-state index < -0.39 is 16.9 Å². The molecule has 0 aliphatic heterocycles. The van der Waals surface area contributed by atoms with Gasteiger partial charge < -0.3 is 24.8 Å².